The quantitative estimate of drug-likeness (QED) is 0.734. The highest BCUT2D eigenvalue weighted by Gasteiger charge is 2.28. The summed E-state index contributed by atoms with van der Waals surface area (Å²) in [6.45, 7) is 6.28. The molecule has 140 valence electrons. The van der Waals surface area contributed by atoms with E-state index in [2.05, 4.69) is 18.7 Å². The zero-order valence-electron chi connectivity index (χ0n) is 14.8. The fourth-order valence-corrected chi connectivity index (χ4v) is 4.76. The number of hydrogen-bond acceptors (Lipinski definition) is 3. The second-order valence-electron chi connectivity index (χ2n) is 6.71. The Kier molecular flexibility index (Phi) is 5.82. The lowest BCUT2D eigenvalue weighted by Gasteiger charge is -2.35. The van der Waals surface area contributed by atoms with Crippen LogP contribution < -0.4 is 4.90 Å². The fourth-order valence-electron chi connectivity index (χ4n) is 3.04. The molecule has 0 aromatic heterocycles. The summed E-state index contributed by atoms with van der Waals surface area (Å²) in [7, 11) is -3.47. The number of sulfonamides is 1. The van der Waals surface area contributed by atoms with E-state index in [0.717, 1.165) is 11.3 Å². The third kappa shape index (κ3) is 4.01. The van der Waals surface area contributed by atoms with Crippen LogP contribution in [0.1, 0.15) is 25.3 Å². The van der Waals surface area contributed by atoms with Crippen molar-refractivity contribution >= 4 is 38.9 Å². The van der Waals surface area contributed by atoms with Gasteiger partial charge in [-0.1, -0.05) is 49.2 Å². The molecule has 0 radical (unpaired) electrons. The first kappa shape index (κ1) is 19.5. The molecule has 2 aromatic carbocycles. The Morgan fingerprint density at radius 1 is 0.885 bits per heavy atom. The van der Waals surface area contributed by atoms with Gasteiger partial charge in [-0.05, 0) is 41.8 Å². The van der Waals surface area contributed by atoms with Crippen molar-refractivity contribution in [3.05, 3.63) is 58.1 Å². The Morgan fingerprint density at radius 3 is 2.04 bits per heavy atom. The zero-order chi connectivity index (χ0) is 18.9. The number of benzene rings is 2. The van der Waals surface area contributed by atoms with Gasteiger partial charge in [-0.15, -0.1) is 0 Å². The minimum absolute atomic E-state index is 0.352. The topological polar surface area (TPSA) is 40.6 Å². The zero-order valence-corrected chi connectivity index (χ0v) is 17.2. The third-order valence-electron chi connectivity index (χ3n) is 4.69. The maximum Gasteiger partial charge on any atom is 0.243 e. The van der Waals surface area contributed by atoms with Gasteiger partial charge in [0.05, 0.1) is 14.9 Å². The minimum atomic E-state index is -3.47. The number of piperazine rings is 1. The van der Waals surface area contributed by atoms with Crippen LogP contribution in [0.15, 0.2) is 47.4 Å². The van der Waals surface area contributed by atoms with Crippen LogP contribution in [-0.4, -0.2) is 38.9 Å². The van der Waals surface area contributed by atoms with E-state index < -0.39 is 10.0 Å². The molecule has 0 atom stereocenters. The lowest BCUT2D eigenvalue weighted by Crippen LogP contribution is -2.48. The average molecular weight is 413 g/mol. The number of rotatable bonds is 4. The molecule has 0 saturated carbocycles. The molecule has 3 rings (SSSR count). The van der Waals surface area contributed by atoms with Crippen LogP contribution >= 0.6 is 23.2 Å². The van der Waals surface area contributed by atoms with E-state index in [9.17, 15) is 8.42 Å². The van der Waals surface area contributed by atoms with Crippen LogP contribution in [0.4, 0.5) is 5.69 Å². The van der Waals surface area contributed by atoms with E-state index in [1.807, 2.05) is 24.3 Å². The van der Waals surface area contributed by atoms with Crippen molar-refractivity contribution in [1.29, 1.82) is 0 Å². The molecule has 0 unspecified atom stereocenters. The molecule has 0 N–H and O–H groups in total. The summed E-state index contributed by atoms with van der Waals surface area (Å²) in [5.41, 5.74) is 2.09. The van der Waals surface area contributed by atoms with Gasteiger partial charge in [0.2, 0.25) is 10.0 Å². The van der Waals surface area contributed by atoms with Crippen LogP contribution in [0, 0.1) is 0 Å². The largest absolute Gasteiger partial charge is 0.369 e. The standard InChI is InChI=1S/C19H22Cl2N2O2S/c1-14(2)15-3-6-17(7-4-15)26(24,25)23-11-9-22(10-12-23)16-5-8-18(20)19(21)13-16/h3-8,13-14H,9-12H2,1-2H3. The molecule has 4 nitrogen and oxygen atoms in total. The fraction of sp³-hybridized carbons (Fsp3) is 0.368. The van der Waals surface area contributed by atoms with Crippen molar-refractivity contribution in [2.24, 2.45) is 0 Å². The van der Waals surface area contributed by atoms with Gasteiger partial charge in [0, 0.05) is 31.9 Å². The predicted octanol–water partition coefficient (Wildman–Crippen LogP) is 4.63. The molecule has 0 amide bonds. The molecule has 1 heterocycles. The molecule has 0 aliphatic carbocycles. The van der Waals surface area contributed by atoms with Gasteiger partial charge < -0.3 is 4.90 Å². The number of halogens is 2. The summed E-state index contributed by atoms with van der Waals surface area (Å²) >= 11 is 12.0. The van der Waals surface area contributed by atoms with Gasteiger partial charge in [-0.2, -0.15) is 4.31 Å². The Bertz CT molecular complexity index is 875. The molecule has 0 bridgehead atoms. The summed E-state index contributed by atoms with van der Waals surface area (Å²) < 4.78 is 27.3. The first-order chi connectivity index (χ1) is 12.3. The van der Waals surface area contributed by atoms with Crippen LogP contribution in [0.5, 0.6) is 0 Å². The highest BCUT2D eigenvalue weighted by atomic mass is 35.5. The number of hydrogen-bond donors (Lipinski definition) is 0. The molecule has 26 heavy (non-hydrogen) atoms. The molecule has 1 fully saturated rings. The van der Waals surface area contributed by atoms with Gasteiger partial charge in [0.25, 0.3) is 0 Å². The molecule has 2 aromatic rings. The summed E-state index contributed by atoms with van der Waals surface area (Å²) in [6, 6.07) is 12.7. The Labute approximate surface area is 165 Å². The summed E-state index contributed by atoms with van der Waals surface area (Å²) in [4.78, 5) is 2.47. The second-order valence-corrected chi connectivity index (χ2v) is 9.47. The lowest BCUT2D eigenvalue weighted by molar-refractivity contribution is 0.385. The van der Waals surface area contributed by atoms with Gasteiger partial charge in [-0.3, -0.25) is 0 Å². The molecular weight excluding hydrogens is 391 g/mol. The van der Waals surface area contributed by atoms with E-state index in [-0.39, 0.29) is 0 Å². The normalized spacial score (nSPS) is 16.3. The van der Waals surface area contributed by atoms with Crippen molar-refractivity contribution in [1.82, 2.24) is 4.31 Å². The third-order valence-corrected chi connectivity index (χ3v) is 7.34. The van der Waals surface area contributed by atoms with E-state index >= 15 is 0 Å². The molecular formula is C19H22Cl2N2O2S. The second kappa shape index (κ2) is 7.77. The van der Waals surface area contributed by atoms with Crippen molar-refractivity contribution < 1.29 is 8.42 Å². The Balaban J connectivity index is 1.71. The van der Waals surface area contributed by atoms with E-state index in [4.69, 9.17) is 23.2 Å². The van der Waals surface area contributed by atoms with Crippen LogP contribution in [-0.2, 0) is 10.0 Å². The van der Waals surface area contributed by atoms with Crippen molar-refractivity contribution in [2.75, 3.05) is 31.1 Å². The van der Waals surface area contributed by atoms with E-state index in [1.54, 1.807) is 22.5 Å². The molecule has 7 heteroatoms. The summed E-state index contributed by atoms with van der Waals surface area (Å²) in [5.74, 6) is 0.376. The summed E-state index contributed by atoms with van der Waals surface area (Å²) in [5, 5.41) is 1.02. The van der Waals surface area contributed by atoms with Crippen LogP contribution in [0.25, 0.3) is 0 Å². The van der Waals surface area contributed by atoms with Gasteiger partial charge >= 0.3 is 0 Å². The summed E-state index contributed by atoms with van der Waals surface area (Å²) in [6.07, 6.45) is 0. The first-order valence-electron chi connectivity index (χ1n) is 8.59. The van der Waals surface area contributed by atoms with Crippen molar-refractivity contribution in [2.45, 2.75) is 24.7 Å². The SMILES string of the molecule is CC(C)c1ccc(S(=O)(=O)N2CCN(c3ccc(Cl)c(Cl)c3)CC2)cc1. The number of anilines is 1. The Morgan fingerprint density at radius 2 is 1.50 bits per heavy atom. The molecule has 0 spiro atoms. The first-order valence-corrected chi connectivity index (χ1v) is 10.8. The van der Waals surface area contributed by atoms with Crippen molar-refractivity contribution in [3.8, 4) is 0 Å². The van der Waals surface area contributed by atoms with Crippen LogP contribution in [0.2, 0.25) is 10.0 Å². The van der Waals surface area contributed by atoms with Crippen molar-refractivity contribution in [3.63, 3.8) is 0 Å². The van der Waals surface area contributed by atoms with E-state index in [0.29, 0.717) is 47.0 Å². The van der Waals surface area contributed by atoms with Gasteiger partial charge in [-0.25, -0.2) is 8.42 Å². The highest BCUT2D eigenvalue weighted by molar-refractivity contribution is 7.89. The predicted molar refractivity (Wildman–Crippen MR) is 108 cm³/mol. The molecule has 1 saturated heterocycles. The molecule has 1 aliphatic heterocycles. The average Bonchev–Trinajstić information content (AvgIpc) is 2.64. The molecule has 1 aliphatic rings. The maximum absolute atomic E-state index is 12.9. The lowest BCUT2D eigenvalue weighted by atomic mass is 10.0. The highest BCUT2D eigenvalue weighted by Crippen LogP contribution is 2.28. The maximum atomic E-state index is 12.9. The monoisotopic (exact) mass is 412 g/mol. The number of nitrogens with zero attached hydrogens (tertiary/aromatic N) is 2. The smallest absolute Gasteiger partial charge is 0.243 e. The van der Waals surface area contributed by atoms with Gasteiger partial charge in [0.1, 0.15) is 0 Å². The van der Waals surface area contributed by atoms with Crippen LogP contribution in [0.3, 0.4) is 0 Å². The van der Waals surface area contributed by atoms with E-state index in [1.165, 1.54) is 0 Å². The minimum Gasteiger partial charge on any atom is -0.369 e. The Hall–Kier alpha value is -1.27. The van der Waals surface area contributed by atoms with Gasteiger partial charge in [0.15, 0.2) is 0 Å².